The van der Waals surface area contributed by atoms with E-state index in [1.165, 1.54) is 0 Å². The van der Waals surface area contributed by atoms with Crippen LogP contribution in [0, 0.1) is 0 Å². The van der Waals surface area contributed by atoms with E-state index in [4.69, 9.17) is 14.4 Å². The van der Waals surface area contributed by atoms with E-state index in [-0.39, 0.29) is 0 Å². The topological polar surface area (TPSA) is 43.9 Å². The molecule has 3 heterocycles. The predicted octanol–water partition coefficient (Wildman–Crippen LogP) is 10.7. The van der Waals surface area contributed by atoms with Gasteiger partial charge in [-0.3, -0.25) is 0 Å². The maximum Gasteiger partial charge on any atom is 0.144 e. The average Bonchev–Trinajstić information content (AvgIpc) is 3.66. The van der Waals surface area contributed by atoms with Crippen molar-refractivity contribution in [2.75, 3.05) is 0 Å². The number of aryl methyl sites for hydroxylation is 1. The van der Waals surface area contributed by atoms with Crippen molar-refractivity contribution >= 4 is 54.6 Å². The number of pyridine rings is 1. The standard InChI is InChI=1S/C40H27N3O/c1-2-43-35-19-7-6-18-34(35)42-40(43)28-14-10-12-26(24-28)25-11-9-13-27(23-25)38-32-22-21-30-29-15-4-8-20-36(29)44-39(30)37(32)31-16-3-5-17-33(31)41-38/h3-24H,2H2,1H3. The number of hydrogen-bond donors (Lipinski definition) is 0. The van der Waals surface area contributed by atoms with E-state index in [9.17, 15) is 0 Å². The molecule has 208 valence electrons. The minimum absolute atomic E-state index is 0.856. The number of para-hydroxylation sites is 4. The molecule has 0 aliphatic rings. The van der Waals surface area contributed by atoms with Crippen molar-refractivity contribution in [2.24, 2.45) is 0 Å². The molecule has 0 aliphatic carbocycles. The monoisotopic (exact) mass is 565 g/mol. The summed E-state index contributed by atoms with van der Waals surface area (Å²) in [7, 11) is 0. The van der Waals surface area contributed by atoms with Crippen LogP contribution in [0.15, 0.2) is 138 Å². The summed E-state index contributed by atoms with van der Waals surface area (Å²) in [6, 6.07) is 46.7. The van der Waals surface area contributed by atoms with Gasteiger partial charge in [-0.05, 0) is 60.5 Å². The van der Waals surface area contributed by atoms with E-state index in [1.807, 2.05) is 18.2 Å². The van der Waals surface area contributed by atoms with Crippen LogP contribution in [0.5, 0.6) is 0 Å². The van der Waals surface area contributed by atoms with E-state index >= 15 is 0 Å². The molecule has 9 aromatic rings. The summed E-state index contributed by atoms with van der Waals surface area (Å²) in [5, 5.41) is 5.53. The zero-order valence-corrected chi connectivity index (χ0v) is 24.2. The van der Waals surface area contributed by atoms with Crippen LogP contribution in [0.2, 0.25) is 0 Å². The Balaban J connectivity index is 1.23. The third-order valence-electron chi connectivity index (χ3n) is 8.77. The van der Waals surface area contributed by atoms with E-state index < -0.39 is 0 Å². The summed E-state index contributed by atoms with van der Waals surface area (Å²) in [5.74, 6) is 0.990. The van der Waals surface area contributed by atoms with Crippen molar-refractivity contribution in [3.63, 3.8) is 0 Å². The molecule has 0 saturated carbocycles. The second kappa shape index (κ2) is 9.65. The molecule has 4 heteroatoms. The van der Waals surface area contributed by atoms with Crippen molar-refractivity contribution < 1.29 is 4.42 Å². The molecule has 6 aromatic carbocycles. The van der Waals surface area contributed by atoms with Crippen LogP contribution < -0.4 is 0 Å². The summed E-state index contributed by atoms with van der Waals surface area (Å²) >= 11 is 0. The molecule has 3 aromatic heterocycles. The van der Waals surface area contributed by atoms with Crippen molar-refractivity contribution in [1.82, 2.24) is 14.5 Å². The number of benzene rings is 6. The zero-order valence-electron chi connectivity index (χ0n) is 24.2. The molecule has 0 bridgehead atoms. The number of rotatable bonds is 4. The van der Waals surface area contributed by atoms with Crippen molar-refractivity contribution in [1.29, 1.82) is 0 Å². The minimum Gasteiger partial charge on any atom is -0.455 e. The van der Waals surface area contributed by atoms with Crippen LogP contribution in [0.4, 0.5) is 0 Å². The van der Waals surface area contributed by atoms with Crippen molar-refractivity contribution in [3.05, 3.63) is 133 Å². The van der Waals surface area contributed by atoms with Crippen LogP contribution in [0.1, 0.15) is 6.92 Å². The summed E-state index contributed by atoms with van der Waals surface area (Å²) in [5.41, 5.74) is 10.3. The van der Waals surface area contributed by atoms with Crippen molar-refractivity contribution in [3.8, 4) is 33.8 Å². The van der Waals surface area contributed by atoms with Crippen LogP contribution >= 0.6 is 0 Å². The summed E-state index contributed by atoms with van der Waals surface area (Å²) < 4.78 is 8.80. The number of hydrogen-bond acceptors (Lipinski definition) is 3. The van der Waals surface area contributed by atoms with Gasteiger partial charge in [0.05, 0.1) is 22.2 Å². The summed E-state index contributed by atoms with van der Waals surface area (Å²) in [6.45, 7) is 3.03. The number of furan rings is 1. The molecule has 0 radical (unpaired) electrons. The minimum atomic E-state index is 0.856. The molecule has 0 unspecified atom stereocenters. The Labute approximate surface area is 253 Å². The highest BCUT2D eigenvalue weighted by molar-refractivity contribution is 6.24. The first kappa shape index (κ1) is 24.8. The molecule has 0 fully saturated rings. The van der Waals surface area contributed by atoms with Crippen molar-refractivity contribution in [2.45, 2.75) is 13.5 Å². The van der Waals surface area contributed by atoms with Crippen LogP contribution in [-0.2, 0) is 6.54 Å². The van der Waals surface area contributed by atoms with Gasteiger partial charge in [-0.25, -0.2) is 9.97 Å². The van der Waals surface area contributed by atoms with Gasteiger partial charge in [0.15, 0.2) is 0 Å². The molecule has 0 N–H and O–H groups in total. The van der Waals surface area contributed by atoms with E-state index in [1.54, 1.807) is 0 Å². The molecule has 0 saturated heterocycles. The third-order valence-corrected chi connectivity index (χ3v) is 8.77. The van der Waals surface area contributed by atoms with Crippen LogP contribution in [0.25, 0.3) is 88.4 Å². The lowest BCUT2D eigenvalue weighted by Crippen LogP contribution is -1.97. The molecule has 44 heavy (non-hydrogen) atoms. The Morgan fingerprint density at radius 3 is 2.05 bits per heavy atom. The molecule has 0 aliphatic heterocycles. The van der Waals surface area contributed by atoms with Crippen LogP contribution in [0.3, 0.4) is 0 Å². The van der Waals surface area contributed by atoms with Gasteiger partial charge in [-0.2, -0.15) is 0 Å². The van der Waals surface area contributed by atoms with Gasteiger partial charge in [0.1, 0.15) is 17.0 Å². The summed E-state index contributed by atoms with van der Waals surface area (Å²) in [4.78, 5) is 10.2. The van der Waals surface area contributed by atoms with E-state index in [0.29, 0.717) is 0 Å². The zero-order chi connectivity index (χ0) is 29.2. The fraction of sp³-hybridized carbons (Fsp3) is 0.0500. The molecule has 0 atom stereocenters. The fourth-order valence-corrected chi connectivity index (χ4v) is 6.74. The number of imidazole rings is 1. The van der Waals surface area contributed by atoms with E-state index in [0.717, 1.165) is 95.0 Å². The van der Waals surface area contributed by atoms with Gasteiger partial charge in [0.25, 0.3) is 0 Å². The molecule has 0 spiro atoms. The van der Waals surface area contributed by atoms with E-state index in [2.05, 4.69) is 127 Å². The van der Waals surface area contributed by atoms with Gasteiger partial charge in [0.2, 0.25) is 0 Å². The molecule has 9 rings (SSSR count). The quantitative estimate of drug-likeness (QED) is 0.199. The lowest BCUT2D eigenvalue weighted by Gasteiger charge is -2.12. The Hall–Kier alpha value is -5.74. The maximum atomic E-state index is 6.52. The number of aromatic nitrogens is 3. The van der Waals surface area contributed by atoms with Crippen LogP contribution in [-0.4, -0.2) is 14.5 Å². The number of fused-ring (bicyclic) bond motifs is 8. The highest BCUT2D eigenvalue weighted by Gasteiger charge is 2.18. The SMILES string of the molecule is CCn1c(-c2cccc(-c3cccc(-c4nc5ccccc5c5c4ccc4c6ccccc6oc45)c3)c2)nc2ccccc21. The first-order valence-corrected chi connectivity index (χ1v) is 15.1. The lowest BCUT2D eigenvalue weighted by atomic mass is 9.95. The predicted molar refractivity (Wildman–Crippen MR) is 182 cm³/mol. The highest BCUT2D eigenvalue weighted by Crippen LogP contribution is 2.41. The Bertz CT molecular complexity index is 2550. The molecular weight excluding hydrogens is 538 g/mol. The van der Waals surface area contributed by atoms with Gasteiger partial charge in [-0.15, -0.1) is 0 Å². The molecular formula is C40H27N3O. The first-order chi connectivity index (χ1) is 21.8. The Kier molecular flexibility index (Phi) is 5.44. The van der Waals surface area contributed by atoms with Gasteiger partial charge in [0, 0.05) is 44.6 Å². The van der Waals surface area contributed by atoms with Gasteiger partial charge in [-0.1, -0.05) is 91.0 Å². The maximum absolute atomic E-state index is 6.52. The fourth-order valence-electron chi connectivity index (χ4n) is 6.74. The van der Waals surface area contributed by atoms with Gasteiger partial charge >= 0.3 is 0 Å². The average molecular weight is 566 g/mol. The number of nitrogens with zero attached hydrogens (tertiary/aromatic N) is 3. The second-order valence-electron chi connectivity index (χ2n) is 11.3. The largest absolute Gasteiger partial charge is 0.455 e. The molecule has 0 amide bonds. The third kappa shape index (κ3) is 3.71. The Morgan fingerprint density at radius 2 is 1.20 bits per heavy atom. The normalized spacial score (nSPS) is 11.8. The lowest BCUT2D eigenvalue weighted by molar-refractivity contribution is 0.673. The smallest absolute Gasteiger partial charge is 0.144 e. The van der Waals surface area contributed by atoms with Gasteiger partial charge < -0.3 is 8.98 Å². The first-order valence-electron chi connectivity index (χ1n) is 15.1. The highest BCUT2D eigenvalue weighted by atomic mass is 16.3. The second-order valence-corrected chi connectivity index (χ2v) is 11.3. The summed E-state index contributed by atoms with van der Waals surface area (Å²) in [6.07, 6.45) is 0. The Morgan fingerprint density at radius 1 is 0.545 bits per heavy atom. The molecule has 4 nitrogen and oxygen atoms in total.